The third-order valence-corrected chi connectivity index (χ3v) is 2.11. The Labute approximate surface area is 82.6 Å². The third kappa shape index (κ3) is 1.59. The maximum atomic E-state index is 9.47. The summed E-state index contributed by atoms with van der Waals surface area (Å²) in [4.78, 5) is 0. The minimum Gasteiger partial charge on any atom is -0.490 e. The van der Waals surface area contributed by atoms with Gasteiger partial charge in [0.25, 0.3) is 0 Å². The van der Waals surface area contributed by atoms with Gasteiger partial charge in [0.2, 0.25) is 0 Å². The van der Waals surface area contributed by atoms with Crippen molar-refractivity contribution >= 4 is 0 Å². The van der Waals surface area contributed by atoms with Crippen LogP contribution in [0, 0.1) is 0 Å². The fraction of sp³-hybridized carbons (Fsp3) is 0.273. The van der Waals surface area contributed by atoms with E-state index in [2.05, 4.69) is 6.58 Å². The van der Waals surface area contributed by atoms with Crippen molar-refractivity contribution in [2.24, 2.45) is 0 Å². The molecular formula is C11H12O3. The molecule has 1 aliphatic rings. The molecule has 14 heavy (non-hydrogen) atoms. The van der Waals surface area contributed by atoms with Crippen LogP contribution in [0.25, 0.3) is 0 Å². The van der Waals surface area contributed by atoms with Gasteiger partial charge in [-0.3, -0.25) is 0 Å². The van der Waals surface area contributed by atoms with E-state index in [9.17, 15) is 5.11 Å². The molecule has 74 valence electrons. The average Bonchev–Trinajstić information content (AvgIpc) is 2.57. The molecule has 1 aliphatic heterocycles. The van der Waals surface area contributed by atoms with Crippen LogP contribution >= 0.6 is 0 Å². The zero-order valence-corrected chi connectivity index (χ0v) is 7.77. The number of hydrogen-bond donors (Lipinski definition) is 1. The van der Waals surface area contributed by atoms with Crippen LogP contribution in [0.5, 0.6) is 11.5 Å². The lowest BCUT2D eigenvalue weighted by atomic mass is 10.1. The van der Waals surface area contributed by atoms with Gasteiger partial charge < -0.3 is 14.6 Å². The second kappa shape index (κ2) is 3.72. The van der Waals surface area contributed by atoms with E-state index >= 15 is 0 Å². The van der Waals surface area contributed by atoms with Crippen LogP contribution in [0.4, 0.5) is 0 Å². The summed E-state index contributed by atoms with van der Waals surface area (Å²) in [5, 5.41) is 9.47. The summed E-state index contributed by atoms with van der Waals surface area (Å²) in [6.07, 6.45) is 1.18. The van der Waals surface area contributed by atoms with E-state index in [1.165, 1.54) is 0 Å². The van der Waals surface area contributed by atoms with Crippen LogP contribution < -0.4 is 9.47 Å². The highest BCUT2D eigenvalue weighted by molar-refractivity contribution is 5.44. The first kappa shape index (κ1) is 9.09. The highest BCUT2D eigenvalue weighted by Crippen LogP contribution is 2.34. The second-order valence-corrected chi connectivity index (χ2v) is 3.13. The molecule has 1 aromatic rings. The molecule has 0 spiro atoms. The van der Waals surface area contributed by atoms with Gasteiger partial charge in [-0.15, -0.1) is 0 Å². The van der Waals surface area contributed by atoms with Crippen molar-refractivity contribution < 1.29 is 14.6 Å². The van der Waals surface area contributed by atoms with Gasteiger partial charge in [-0.25, -0.2) is 0 Å². The Morgan fingerprint density at radius 3 is 3.29 bits per heavy atom. The Kier molecular flexibility index (Phi) is 2.41. The van der Waals surface area contributed by atoms with Crippen LogP contribution in [0.1, 0.15) is 11.7 Å². The topological polar surface area (TPSA) is 38.7 Å². The lowest BCUT2D eigenvalue weighted by molar-refractivity contribution is 0.140. The van der Waals surface area contributed by atoms with E-state index in [-0.39, 0.29) is 0 Å². The first-order chi connectivity index (χ1) is 6.81. The summed E-state index contributed by atoms with van der Waals surface area (Å²) in [5.41, 5.74) is 0.830. The summed E-state index contributed by atoms with van der Waals surface area (Å²) in [6, 6.07) is 5.43. The van der Waals surface area contributed by atoms with E-state index in [1.54, 1.807) is 12.1 Å². The highest BCUT2D eigenvalue weighted by Gasteiger charge is 2.21. The third-order valence-electron chi connectivity index (χ3n) is 2.11. The standard InChI is InChI=1S/C11H12O3/c1-2-5-13-8-3-4-9-10(12)7-14-11(9)6-8/h2-4,6,10,12H,1,5,7H2. The highest BCUT2D eigenvalue weighted by atomic mass is 16.5. The minimum absolute atomic E-state index is 0.334. The summed E-state index contributed by atoms with van der Waals surface area (Å²) in [6.45, 7) is 4.37. The molecule has 1 unspecified atom stereocenters. The molecule has 0 saturated heterocycles. The van der Waals surface area contributed by atoms with Crippen LogP contribution in [-0.2, 0) is 0 Å². The number of aliphatic hydroxyl groups is 1. The molecule has 0 saturated carbocycles. The number of rotatable bonds is 3. The SMILES string of the molecule is C=CCOc1ccc2c(c1)OCC2O. The number of ether oxygens (including phenoxy) is 2. The molecule has 0 aliphatic carbocycles. The minimum atomic E-state index is -0.501. The predicted molar refractivity (Wildman–Crippen MR) is 52.6 cm³/mol. The van der Waals surface area contributed by atoms with Crippen LogP contribution in [0.2, 0.25) is 0 Å². The molecular weight excluding hydrogens is 180 g/mol. The van der Waals surface area contributed by atoms with Crippen LogP contribution in [-0.4, -0.2) is 18.3 Å². The van der Waals surface area contributed by atoms with Crippen molar-refractivity contribution in [1.29, 1.82) is 0 Å². The summed E-state index contributed by atoms with van der Waals surface area (Å²) >= 11 is 0. The lowest BCUT2D eigenvalue weighted by Crippen LogP contribution is -1.97. The fourth-order valence-electron chi connectivity index (χ4n) is 1.42. The zero-order chi connectivity index (χ0) is 9.97. The van der Waals surface area contributed by atoms with E-state index in [4.69, 9.17) is 9.47 Å². The Hall–Kier alpha value is -1.48. The molecule has 2 rings (SSSR count). The zero-order valence-electron chi connectivity index (χ0n) is 7.77. The number of fused-ring (bicyclic) bond motifs is 1. The smallest absolute Gasteiger partial charge is 0.129 e. The van der Waals surface area contributed by atoms with E-state index in [0.717, 1.165) is 11.3 Å². The molecule has 3 heteroatoms. The largest absolute Gasteiger partial charge is 0.490 e. The monoisotopic (exact) mass is 192 g/mol. The number of benzene rings is 1. The molecule has 1 N–H and O–H groups in total. The quantitative estimate of drug-likeness (QED) is 0.740. The van der Waals surface area contributed by atoms with Gasteiger partial charge in [0.1, 0.15) is 30.8 Å². The molecule has 0 aromatic heterocycles. The van der Waals surface area contributed by atoms with Gasteiger partial charge in [-0.1, -0.05) is 12.7 Å². The van der Waals surface area contributed by atoms with Crippen molar-refractivity contribution in [3.63, 3.8) is 0 Å². The lowest BCUT2D eigenvalue weighted by Gasteiger charge is -2.05. The van der Waals surface area contributed by atoms with Gasteiger partial charge in [0.05, 0.1) is 0 Å². The van der Waals surface area contributed by atoms with E-state index in [0.29, 0.717) is 19.0 Å². The molecule has 1 aromatic carbocycles. The van der Waals surface area contributed by atoms with E-state index in [1.807, 2.05) is 12.1 Å². The fourth-order valence-corrected chi connectivity index (χ4v) is 1.42. The van der Waals surface area contributed by atoms with Gasteiger partial charge in [-0.05, 0) is 12.1 Å². The van der Waals surface area contributed by atoms with Crippen LogP contribution in [0.15, 0.2) is 30.9 Å². The average molecular weight is 192 g/mol. The number of aliphatic hydroxyl groups excluding tert-OH is 1. The van der Waals surface area contributed by atoms with Crippen molar-refractivity contribution in [2.45, 2.75) is 6.10 Å². The molecule has 3 nitrogen and oxygen atoms in total. The first-order valence-corrected chi connectivity index (χ1v) is 4.50. The summed E-state index contributed by atoms with van der Waals surface area (Å²) < 4.78 is 10.6. The molecule has 1 atom stereocenters. The summed E-state index contributed by atoms with van der Waals surface area (Å²) in [7, 11) is 0. The van der Waals surface area contributed by atoms with Crippen molar-refractivity contribution in [3.05, 3.63) is 36.4 Å². The molecule has 0 bridgehead atoms. The van der Waals surface area contributed by atoms with Gasteiger partial charge >= 0.3 is 0 Å². The first-order valence-electron chi connectivity index (χ1n) is 4.50. The van der Waals surface area contributed by atoms with Gasteiger partial charge in [-0.2, -0.15) is 0 Å². The molecule has 0 amide bonds. The van der Waals surface area contributed by atoms with Crippen molar-refractivity contribution in [3.8, 4) is 11.5 Å². The molecule has 0 fully saturated rings. The van der Waals surface area contributed by atoms with Gasteiger partial charge in [0, 0.05) is 11.6 Å². The Bertz CT molecular complexity index is 346. The molecule has 0 radical (unpaired) electrons. The number of hydrogen-bond acceptors (Lipinski definition) is 3. The van der Waals surface area contributed by atoms with E-state index < -0.39 is 6.10 Å². The maximum Gasteiger partial charge on any atom is 0.129 e. The van der Waals surface area contributed by atoms with Crippen molar-refractivity contribution in [2.75, 3.05) is 13.2 Å². The normalized spacial score (nSPS) is 18.5. The maximum absolute atomic E-state index is 9.47. The molecule has 1 heterocycles. The second-order valence-electron chi connectivity index (χ2n) is 3.13. The van der Waals surface area contributed by atoms with Crippen LogP contribution in [0.3, 0.4) is 0 Å². The Morgan fingerprint density at radius 1 is 1.64 bits per heavy atom. The predicted octanol–water partition coefficient (Wildman–Crippen LogP) is 1.68. The Morgan fingerprint density at radius 2 is 2.50 bits per heavy atom. The van der Waals surface area contributed by atoms with Crippen molar-refractivity contribution in [1.82, 2.24) is 0 Å². The van der Waals surface area contributed by atoms with Gasteiger partial charge in [0.15, 0.2) is 0 Å². The summed E-state index contributed by atoms with van der Waals surface area (Å²) in [5.74, 6) is 1.44. The Balaban J connectivity index is 2.19.